The van der Waals surface area contributed by atoms with Crippen molar-refractivity contribution in [3.63, 3.8) is 0 Å². The van der Waals surface area contributed by atoms with Crippen LogP contribution in [0, 0.1) is 0 Å². The highest BCUT2D eigenvalue weighted by Crippen LogP contribution is 2.39. The number of aliphatic hydroxyl groups is 21. The van der Waals surface area contributed by atoms with Crippen molar-refractivity contribution in [2.75, 3.05) is 46.2 Å². The van der Waals surface area contributed by atoms with Crippen molar-refractivity contribution < 1.29 is 174 Å². The van der Waals surface area contributed by atoms with Gasteiger partial charge >= 0.3 is 0 Å². The monoisotopic (exact) mass is 1130 g/mol. The van der Waals surface area contributed by atoms with Crippen LogP contribution in [0.5, 0.6) is 0 Å². The summed E-state index contributed by atoms with van der Waals surface area (Å²) in [5.74, 6) is 0. The summed E-state index contributed by atoms with van der Waals surface area (Å²) in [7, 11) is 0. The van der Waals surface area contributed by atoms with Gasteiger partial charge < -0.3 is 174 Å². The number of hydrogen-bond acceptors (Lipinski definition) is 35. The van der Waals surface area contributed by atoms with Gasteiger partial charge in [-0.05, 0) is 0 Å². The average Bonchev–Trinajstić information content (AvgIpc) is 3.47. The Morgan fingerprint density at radius 3 is 0.351 bits per heavy atom. The van der Waals surface area contributed by atoms with Crippen molar-refractivity contribution in [3.05, 3.63) is 0 Å². The maximum atomic E-state index is 11.3. The Balaban J connectivity index is 1.08. The zero-order chi connectivity index (χ0) is 56.1. The smallest absolute Gasteiger partial charge is 0.187 e. The van der Waals surface area contributed by atoms with Gasteiger partial charge in [-0.25, -0.2) is 0 Å². The Labute approximate surface area is 434 Å². The topological polar surface area (TPSA) is 554 Å². The molecule has 21 fully saturated rings. The molecular weight excluding hydrogens is 1060 g/mol. The Morgan fingerprint density at radius 1 is 0.156 bits per heavy atom. The number of ether oxygens (including phenoxy) is 14. The second kappa shape index (κ2) is 26.0. The highest BCUT2D eigenvalue weighted by Gasteiger charge is 2.59. The van der Waals surface area contributed by atoms with Crippen LogP contribution in [0.15, 0.2) is 0 Å². The van der Waals surface area contributed by atoms with Crippen molar-refractivity contribution in [2.24, 2.45) is 0 Å². The molecule has 0 aromatic carbocycles. The molecule has 0 radical (unpaired) electrons. The zero-order valence-corrected chi connectivity index (χ0v) is 40.3. The molecular formula is C42H70O35. The standard InChI is InChI=1S/C42H70O35/c43-1-8-29-15(50)22(57)36(64-8)72-30-9(2-44)66-38(24(59)17(30)52)74-32-11(4-46)68-40(26(61)19(32)54)76-34-13(6-48)70-42(28(63)21(34)56)77-35-14(7-49)69-41(27(62)20(35)55)75-33-12(5-47)67-39(25(60)18(33)53)73-31-10(3-45)65-37(71-29)23(58)16(31)51/h8-63H,1-7H2/t8?,9?,10?,11?,12?,13?,14?,15-,16-,17-,18-,19-,20?,21?,22?,23?,24?,25?,26?,27-,28-,29-,30-,31-,32-,33-,34-,35-,36-,37-,38-,39-,40-,41-,42-/m1/s1. The molecule has 0 aliphatic carbocycles. The summed E-state index contributed by atoms with van der Waals surface area (Å²) in [6.07, 6.45) is -70.2. The molecule has 35 nitrogen and oxygen atoms in total. The number of aliphatic hydroxyl groups excluding tert-OH is 21. The van der Waals surface area contributed by atoms with E-state index in [4.69, 9.17) is 66.3 Å². The molecule has 0 amide bonds. The first-order chi connectivity index (χ1) is 36.7. The number of hydrogen-bond donors (Lipinski definition) is 21. The van der Waals surface area contributed by atoms with E-state index >= 15 is 0 Å². The van der Waals surface area contributed by atoms with E-state index in [-0.39, 0.29) is 0 Å². The van der Waals surface area contributed by atoms with E-state index in [1.807, 2.05) is 0 Å². The molecule has 0 saturated carbocycles. The van der Waals surface area contributed by atoms with Crippen LogP contribution in [-0.4, -0.2) is 368 Å². The van der Waals surface area contributed by atoms with E-state index in [1.54, 1.807) is 0 Å². The van der Waals surface area contributed by atoms with Gasteiger partial charge in [-0.15, -0.1) is 0 Å². The molecule has 21 heterocycles. The average molecular weight is 1130 g/mol. The van der Waals surface area contributed by atoms with E-state index in [1.165, 1.54) is 0 Å². The molecule has 14 unspecified atom stereocenters. The van der Waals surface area contributed by atoms with Gasteiger partial charge in [0.15, 0.2) is 44.0 Å². The van der Waals surface area contributed by atoms with Gasteiger partial charge in [0.05, 0.1) is 46.2 Å². The molecule has 21 aliphatic rings. The van der Waals surface area contributed by atoms with Gasteiger partial charge in [-0.1, -0.05) is 0 Å². The largest absolute Gasteiger partial charge is 0.394 e. The van der Waals surface area contributed by atoms with Crippen molar-refractivity contribution in [1.82, 2.24) is 0 Å². The summed E-state index contributed by atoms with van der Waals surface area (Å²) < 4.78 is 79.5. The summed E-state index contributed by atoms with van der Waals surface area (Å²) in [4.78, 5) is 0. The normalized spacial score (nSPS) is 55.4. The number of rotatable bonds is 7. The molecule has 21 saturated heterocycles. The van der Waals surface area contributed by atoms with E-state index in [9.17, 15) is 107 Å². The third-order valence-electron chi connectivity index (χ3n) is 14.8. The van der Waals surface area contributed by atoms with Crippen LogP contribution in [0.4, 0.5) is 0 Å². The summed E-state index contributed by atoms with van der Waals surface area (Å²) in [6.45, 7) is -7.33. The molecule has 0 spiro atoms. The third-order valence-corrected chi connectivity index (χ3v) is 14.8. The minimum Gasteiger partial charge on any atom is -0.394 e. The van der Waals surface area contributed by atoms with Gasteiger partial charge in [-0.3, -0.25) is 0 Å². The lowest BCUT2D eigenvalue weighted by Gasteiger charge is -2.50. The predicted molar refractivity (Wildman–Crippen MR) is 228 cm³/mol. The second-order valence-electron chi connectivity index (χ2n) is 19.7. The molecule has 21 aliphatic heterocycles. The molecule has 448 valence electrons. The van der Waals surface area contributed by atoms with Crippen LogP contribution >= 0.6 is 0 Å². The molecule has 21 rings (SSSR count). The fraction of sp³-hybridized carbons (Fsp3) is 1.00. The highest BCUT2D eigenvalue weighted by atomic mass is 16.8. The van der Waals surface area contributed by atoms with Crippen molar-refractivity contribution >= 4 is 0 Å². The fourth-order valence-corrected chi connectivity index (χ4v) is 10.4. The zero-order valence-electron chi connectivity index (χ0n) is 40.3. The van der Waals surface area contributed by atoms with Crippen molar-refractivity contribution in [1.29, 1.82) is 0 Å². The molecule has 35 atom stereocenters. The fourth-order valence-electron chi connectivity index (χ4n) is 10.4. The SMILES string of the molecule is OCC1O[C@@H]2O[C@@H]3C(CO)O[C@H](O[C@@H]4C(CO)O[C@H](O[C@@H]5C(CO)O[C@H](O[C@@H]6C(CO)O[C@H](O[C@@H]7C(CO)O[C@H](O[C@@H]8C(CO)O[C@H](O[C@H]1C(O)[C@H]2O)C(O)[C@H]8O)C(O)[C@H]7O)C(O)[C@H]6O)C(O)[C@H]5O)C(O)[C@H]4O)[C@H](O)C3O. The van der Waals surface area contributed by atoms with E-state index in [2.05, 4.69) is 0 Å². The Bertz CT molecular complexity index is 1470. The lowest BCUT2D eigenvalue weighted by molar-refractivity contribution is -0.396. The quantitative estimate of drug-likeness (QED) is 0.113. The summed E-state index contributed by atoms with van der Waals surface area (Å²) in [6, 6.07) is 0. The van der Waals surface area contributed by atoms with Crippen LogP contribution in [0.25, 0.3) is 0 Å². The van der Waals surface area contributed by atoms with E-state index in [0.717, 1.165) is 0 Å². The minimum atomic E-state index is -2.21. The Morgan fingerprint density at radius 2 is 0.260 bits per heavy atom. The highest BCUT2D eigenvalue weighted by molar-refractivity contribution is 5.01. The van der Waals surface area contributed by atoms with E-state index < -0.39 is 261 Å². The molecule has 0 aromatic rings. The summed E-state index contributed by atoms with van der Waals surface area (Å²) >= 11 is 0. The predicted octanol–water partition coefficient (Wildman–Crippen LogP) is -15.2. The second-order valence-corrected chi connectivity index (χ2v) is 19.7. The van der Waals surface area contributed by atoms with Crippen molar-refractivity contribution in [2.45, 2.75) is 215 Å². The summed E-state index contributed by atoms with van der Waals surface area (Å²) in [5, 5.41) is 230. The lowest BCUT2D eigenvalue weighted by atomic mass is 9.95. The molecule has 0 aromatic heterocycles. The molecule has 14 bridgehead atoms. The van der Waals surface area contributed by atoms with Gasteiger partial charge in [0.1, 0.15) is 171 Å². The Kier molecular flexibility index (Phi) is 20.8. The van der Waals surface area contributed by atoms with Gasteiger partial charge in [0, 0.05) is 0 Å². The first-order valence-corrected chi connectivity index (χ1v) is 24.6. The third kappa shape index (κ3) is 12.1. The molecule has 21 N–H and O–H groups in total. The van der Waals surface area contributed by atoms with Crippen LogP contribution in [0.3, 0.4) is 0 Å². The first-order valence-electron chi connectivity index (χ1n) is 24.6. The molecule has 77 heavy (non-hydrogen) atoms. The lowest BCUT2D eigenvalue weighted by Crippen LogP contribution is -2.68. The van der Waals surface area contributed by atoms with Crippen LogP contribution in [0.1, 0.15) is 0 Å². The maximum Gasteiger partial charge on any atom is 0.187 e. The van der Waals surface area contributed by atoms with E-state index in [0.29, 0.717) is 0 Å². The van der Waals surface area contributed by atoms with Gasteiger partial charge in [-0.2, -0.15) is 0 Å². The van der Waals surface area contributed by atoms with Gasteiger partial charge in [0.2, 0.25) is 0 Å². The molecule has 35 heteroatoms. The van der Waals surface area contributed by atoms with Crippen LogP contribution < -0.4 is 0 Å². The Hall–Kier alpha value is -1.40. The minimum absolute atomic E-state index is 1.05. The van der Waals surface area contributed by atoms with Crippen molar-refractivity contribution in [3.8, 4) is 0 Å². The maximum absolute atomic E-state index is 11.3. The van der Waals surface area contributed by atoms with Gasteiger partial charge in [0.25, 0.3) is 0 Å². The van der Waals surface area contributed by atoms with Crippen LogP contribution in [0.2, 0.25) is 0 Å². The van der Waals surface area contributed by atoms with Crippen LogP contribution in [-0.2, 0) is 66.3 Å². The summed E-state index contributed by atoms with van der Waals surface area (Å²) in [5.41, 5.74) is 0. The first kappa shape index (κ1) is 61.7.